The number of pyridine rings is 1. The first kappa shape index (κ1) is 15.5. The van der Waals surface area contributed by atoms with E-state index < -0.39 is 0 Å². The summed E-state index contributed by atoms with van der Waals surface area (Å²) in [5, 5.41) is 4.27. The molecule has 0 amide bonds. The molecule has 0 aliphatic heterocycles. The first-order valence-electron chi connectivity index (χ1n) is 6.94. The number of hydrogen-bond donors (Lipinski definition) is 2. The molecule has 0 radical (unpaired) electrons. The van der Waals surface area contributed by atoms with Gasteiger partial charge in [0.1, 0.15) is 12.3 Å². The molecule has 0 atom stereocenters. The highest BCUT2D eigenvalue weighted by molar-refractivity contribution is 6.14. The number of anilines is 1. The summed E-state index contributed by atoms with van der Waals surface area (Å²) in [6.45, 7) is 2.07. The molecule has 1 aromatic carbocycles. The molecule has 6 heteroatoms. The van der Waals surface area contributed by atoms with E-state index in [-0.39, 0.29) is 12.5 Å². The fourth-order valence-electron chi connectivity index (χ4n) is 1.87. The Morgan fingerprint density at radius 1 is 1.27 bits per heavy atom. The number of hydrazone groups is 1. The van der Waals surface area contributed by atoms with Gasteiger partial charge in [-0.25, -0.2) is 0 Å². The summed E-state index contributed by atoms with van der Waals surface area (Å²) in [4.78, 5) is 15.7. The van der Waals surface area contributed by atoms with E-state index in [9.17, 15) is 4.79 Å². The monoisotopic (exact) mass is 298 g/mol. The molecule has 0 fully saturated rings. The van der Waals surface area contributed by atoms with Crippen molar-refractivity contribution in [1.29, 1.82) is 0 Å². The van der Waals surface area contributed by atoms with E-state index in [1.165, 1.54) is 0 Å². The van der Waals surface area contributed by atoms with Crippen LogP contribution in [0.3, 0.4) is 0 Å². The number of nitrogens with one attached hydrogen (secondary N) is 1. The van der Waals surface area contributed by atoms with Crippen LogP contribution >= 0.6 is 0 Å². The van der Waals surface area contributed by atoms with Gasteiger partial charge in [-0.1, -0.05) is 24.3 Å². The first-order chi connectivity index (χ1) is 10.7. The van der Waals surface area contributed by atoms with E-state index in [0.29, 0.717) is 23.7 Å². The molecule has 6 nitrogen and oxygen atoms in total. The molecule has 2 aromatic rings. The number of carbonyl (C=O) groups excluding carboxylic acids is 1. The van der Waals surface area contributed by atoms with E-state index in [1.807, 2.05) is 36.4 Å². The van der Waals surface area contributed by atoms with Crippen LogP contribution in [-0.2, 0) is 9.53 Å². The first-order valence-corrected chi connectivity index (χ1v) is 6.94. The second-order valence-electron chi connectivity index (χ2n) is 4.40. The minimum atomic E-state index is -0.368. The Balaban J connectivity index is 2.27. The van der Waals surface area contributed by atoms with Gasteiger partial charge in [0.05, 0.1) is 12.3 Å². The van der Waals surface area contributed by atoms with E-state index >= 15 is 0 Å². The van der Waals surface area contributed by atoms with Crippen molar-refractivity contribution in [3.05, 3.63) is 59.9 Å². The third-order valence-electron chi connectivity index (χ3n) is 2.84. The van der Waals surface area contributed by atoms with Gasteiger partial charge in [0, 0.05) is 17.4 Å². The molecule has 0 aliphatic carbocycles. The normalized spacial score (nSPS) is 11.0. The second kappa shape index (κ2) is 7.78. The zero-order valence-electron chi connectivity index (χ0n) is 12.3. The summed E-state index contributed by atoms with van der Waals surface area (Å²) in [7, 11) is 0. The second-order valence-corrected chi connectivity index (χ2v) is 4.40. The van der Waals surface area contributed by atoms with Crippen molar-refractivity contribution in [2.45, 2.75) is 6.92 Å². The fourth-order valence-corrected chi connectivity index (χ4v) is 1.87. The highest BCUT2D eigenvalue weighted by Crippen LogP contribution is 2.15. The van der Waals surface area contributed by atoms with Gasteiger partial charge in [-0.3, -0.25) is 15.2 Å². The molecule has 3 N–H and O–H groups in total. The minimum absolute atomic E-state index is 0.0170. The molecule has 0 bridgehead atoms. The molecule has 1 heterocycles. The lowest BCUT2D eigenvalue weighted by atomic mass is 10.1. The number of esters is 1. The summed E-state index contributed by atoms with van der Waals surface area (Å²) >= 11 is 0. The van der Waals surface area contributed by atoms with E-state index in [1.54, 1.807) is 19.2 Å². The van der Waals surface area contributed by atoms with Crippen LogP contribution in [0.5, 0.6) is 0 Å². The molecule has 0 aliphatic rings. The molecule has 0 saturated carbocycles. The van der Waals surface area contributed by atoms with Crippen LogP contribution in [-0.4, -0.2) is 29.8 Å². The lowest BCUT2D eigenvalue weighted by molar-refractivity contribution is -0.141. The van der Waals surface area contributed by atoms with Gasteiger partial charge in [0.2, 0.25) is 0 Å². The van der Waals surface area contributed by atoms with Gasteiger partial charge in [-0.15, -0.1) is 0 Å². The Morgan fingerprint density at radius 3 is 2.73 bits per heavy atom. The van der Waals surface area contributed by atoms with E-state index in [2.05, 4.69) is 15.5 Å². The Hall–Kier alpha value is -2.89. The zero-order valence-corrected chi connectivity index (χ0v) is 12.3. The Bertz CT molecular complexity index is 656. The molecular formula is C16H18N4O2. The van der Waals surface area contributed by atoms with Crippen LogP contribution in [0.25, 0.3) is 0 Å². The van der Waals surface area contributed by atoms with Crippen molar-refractivity contribution in [2.24, 2.45) is 5.10 Å². The summed E-state index contributed by atoms with van der Waals surface area (Å²) in [5.74, 6) is -0.368. The molecule has 114 valence electrons. The number of nitrogens with zero attached hydrogens (tertiary/aromatic N) is 2. The van der Waals surface area contributed by atoms with Gasteiger partial charge >= 0.3 is 5.97 Å². The van der Waals surface area contributed by atoms with Gasteiger partial charge < -0.3 is 10.5 Å². The molecular weight excluding hydrogens is 280 g/mol. The van der Waals surface area contributed by atoms with Crippen LogP contribution in [0.1, 0.15) is 18.2 Å². The summed E-state index contributed by atoms with van der Waals surface area (Å²) in [5.41, 5.74) is 11.3. The van der Waals surface area contributed by atoms with Crippen molar-refractivity contribution in [3.8, 4) is 0 Å². The molecule has 22 heavy (non-hydrogen) atoms. The average Bonchev–Trinajstić information content (AvgIpc) is 2.54. The lowest BCUT2D eigenvalue weighted by Crippen LogP contribution is -2.23. The topological polar surface area (TPSA) is 89.6 Å². The van der Waals surface area contributed by atoms with Crippen molar-refractivity contribution in [1.82, 2.24) is 10.4 Å². The number of hydrogen-bond acceptors (Lipinski definition) is 6. The largest absolute Gasteiger partial charge is 0.465 e. The third-order valence-corrected chi connectivity index (χ3v) is 2.84. The smallest absolute Gasteiger partial charge is 0.327 e. The summed E-state index contributed by atoms with van der Waals surface area (Å²) in [6.07, 6.45) is 1.68. The average molecular weight is 298 g/mol. The highest BCUT2D eigenvalue weighted by Gasteiger charge is 2.11. The summed E-state index contributed by atoms with van der Waals surface area (Å²) in [6, 6.07) is 12.9. The van der Waals surface area contributed by atoms with Gasteiger partial charge in [-0.05, 0) is 25.1 Å². The van der Waals surface area contributed by atoms with Gasteiger partial charge in [0.25, 0.3) is 0 Å². The van der Waals surface area contributed by atoms with Gasteiger partial charge in [-0.2, -0.15) is 5.10 Å². The molecule has 0 saturated heterocycles. The number of ether oxygens (including phenoxy) is 1. The van der Waals surface area contributed by atoms with Crippen LogP contribution in [0.4, 0.5) is 5.69 Å². The SMILES string of the molecule is CCOC(=O)CN/N=C(/c1ccccn1)c1ccccc1N. The fraction of sp³-hybridized carbons (Fsp3) is 0.188. The maximum absolute atomic E-state index is 11.4. The Morgan fingerprint density at radius 2 is 2.05 bits per heavy atom. The number of nitrogen functional groups attached to an aromatic ring is 1. The molecule has 0 spiro atoms. The molecule has 1 aromatic heterocycles. The van der Waals surface area contributed by atoms with Crippen molar-refractivity contribution in [3.63, 3.8) is 0 Å². The minimum Gasteiger partial charge on any atom is -0.465 e. The van der Waals surface area contributed by atoms with Crippen molar-refractivity contribution >= 4 is 17.4 Å². The molecule has 0 unspecified atom stereocenters. The standard InChI is InChI=1S/C16H18N4O2/c1-2-22-15(21)11-19-20-16(14-9-5-6-10-18-14)12-7-3-4-8-13(12)17/h3-10,19H,2,11,17H2,1H3/b20-16+. The number of nitrogens with two attached hydrogens (primary N) is 1. The maximum Gasteiger partial charge on any atom is 0.327 e. The maximum atomic E-state index is 11.4. The van der Waals surface area contributed by atoms with E-state index in [4.69, 9.17) is 10.5 Å². The highest BCUT2D eigenvalue weighted by atomic mass is 16.5. The number of rotatable bonds is 6. The number of para-hydroxylation sites is 1. The van der Waals surface area contributed by atoms with Crippen LogP contribution in [0, 0.1) is 0 Å². The van der Waals surface area contributed by atoms with Crippen LogP contribution < -0.4 is 11.2 Å². The van der Waals surface area contributed by atoms with Crippen molar-refractivity contribution < 1.29 is 9.53 Å². The number of carbonyl (C=O) groups is 1. The third kappa shape index (κ3) is 4.05. The van der Waals surface area contributed by atoms with Gasteiger partial charge in [0.15, 0.2) is 0 Å². The summed E-state index contributed by atoms with van der Waals surface area (Å²) < 4.78 is 4.85. The Kier molecular flexibility index (Phi) is 5.48. The quantitative estimate of drug-likeness (QED) is 0.366. The van der Waals surface area contributed by atoms with Crippen molar-refractivity contribution in [2.75, 3.05) is 18.9 Å². The van der Waals surface area contributed by atoms with Crippen LogP contribution in [0.2, 0.25) is 0 Å². The number of benzene rings is 1. The lowest BCUT2D eigenvalue weighted by Gasteiger charge is -2.09. The predicted octanol–water partition coefficient (Wildman–Crippen LogP) is 1.57. The zero-order chi connectivity index (χ0) is 15.8. The predicted molar refractivity (Wildman–Crippen MR) is 85.4 cm³/mol. The van der Waals surface area contributed by atoms with Crippen LogP contribution in [0.15, 0.2) is 53.8 Å². The number of aromatic nitrogens is 1. The Labute approximate surface area is 129 Å². The van der Waals surface area contributed by atoms with E-state index in [0.717, 1.165) is 5.56 Å². The molecule has 2 rings (SSSR count).